The lowest BCUT2D eigenvalue weighted by molar-refractivity contribution is 1.05. The van der Waals surface area contributed by atoms with Crippen molar-refractivity contribution in [2.45, 2.75) is 20.8 Å². The maximum atomic E-state index is 6.42. The number of nitrogens with two attached hydrogens (primary N) is 1. The molecule has 0 bridgehead atoms. The fourth-order valence-corrected chi connectivity index (χ4v) is 3.26. The molecule has 0 unspecified atom stereocenters. The van der Waals surface area contributed by atoms with Crippen LogP contribution in [0.15, 0.2) is 42.5 Å². The fraction of sp³-hybridized carbons (Fsp3) is 0.167. The minimum absolute atomic E-state index is 0.741. The summed E-state index contributed by atoms with van der Waals surface area (Å²) in [5, 5.41) is 0. The highest BCUT2D eigenvalue weighted by atomic mass is 15.2. The largest absolute Gasteiger partial charge is 0.383 e. The summed E-state index contributed by atoms with van der Waals surface area (Å²) in [5.74, 6) is 1.61. The molecule has 0 saturated heterocycles. The summed E-state index contributed by atoms with van der Waals surface area (Å²) in [4.78, 5) is 4.80. The average Bonchev–Trinajstić information content (AvgIpc) is 2.98. The monoisotopic (exact) mass is 290 g/mol. The summed E-state index contributed by atoms with van der Waals surface area (Å²) < 4.78 is 4.20. The smallest absolute Gasteiger partial charge is 0.221 e. The summed E-state index contributed by atoms with van der Waals surface area (Å²) in [6.45, 7) is 6.26. The zero-order valence-electron chi connectivity index (χ0n) is 13.0. The van der Waals surface area contributed by atoms with Crippen LogP contribution in [0.5, 0.6) is 0 Å². The van der Waals surface area contributed by atoms with Crippen molar-refractivity contribution in [3.63, 3.8) is 0 Å². The Bertz CT molecular complexity index is 1000. The Labute approximate surface area is 128 Å². The molecule has 4 rings (SSSR count). The Morgan fingerprint density at radius 2 is 1.59 bits per heavy atom. The van der Waals surface area contributed by atoms with Crippen LogP contribution in [-0.2, 0) is 0 Å². The van der Waals surface area contributed by atoms with Gasteiger partial charge < -0.3 is 5.73 Å². The Balaban J connectivity index is 2.21. The van der Waals surface area contributed by atoms with E-state index >= 15 is 0 Å². The highest BCUT2D eigenvalue weighted by Crippen LogP contribution is 2.30. The van der Waals surface area contributed by atoms with Gasteiger partial charge in [-0.1, -0.05) is 30.3 Å². The highest BCUT2D eigenvalue weighted by molar-refractivity contribution is 5.82. The number of hydrogen-bond donors (Lipinski definition) is 1. The van der Waals surface area contributed by atoms with Crippen molar-refractivity contribution < 1.29 is 0 Å². The molecule has 22 heavy (non-hydrogen) atoms. The number of aromatic nitrogens is 3. The third-order valence-electron chi connectivity index (χ3n) is 4.35. The molecule has 2 aromatic carbocycles. The lowest BCUT2D eigenvalue weighted by Crippen LogP contribution is -2.05. The molecule has 4 heteroatoms. The standard InChI is InChI=1S/C18H18N4/c1-11-7-6-8-12(2)16(11)22-17(19)13(3)21-15-10-5-4-9-14(15)20-18(21)22/h4-10H,19H2,1-3H3. The molecule has 0 radical (unpaired) electrons. The van der Waals surface area contributed by atoms with Gasteiger partial charge in [0, 0.05) is 0 Å². The van der Waals surface area contributed by atoms with E-state index < -0.39 is 0 Å². The van der Waals surface area contributed by atoms with Crippen molar-refractivity contribution in [2.75, 3.05) is 5.73 Å². The topological polar surface area (TPSA) is 48.2 Å². The van der Waals surface area contributed by atoms with Crippen LogP contribution in [-0.4, -0.2) is 14.0 Å². The van der Waals surface area contributed by atoms with Gasteiger partial charge in [-0.05, 0) is 44.0 Å². The summed E-state index contributed by atoms with van der Waals surface area (Å²) in [5.41, 5.74) is 13.0. The lowest BCUT2D eigenvalue weighted by Gasteiger charge is -2.12. The van der Waals surface area contributed by atoms with Crippen molar-refractivity contribution in [1.29, 1.82) is 0 Å². The minimum Gasteiger partial charge on any atom is -0.383 e. The van der Waals surface area contributed by atoms with Gasteiger partial charge in [0.15, 0.2) is 0 Å². The first-order chi connectivity index (χ1) is 10.6. The molecule has 2 heterocycles. The molecular weight excluding hydrogens is 272 g/mol. The second-order valence-corrected chi connectivity index (χ2v) is 5.78. The lowest BCUT2D eigenvalue weighted by atomic mass is 10.1. The number of nitrogens with zero attached hydrogens (tertiary/aromatic N) is 3. The molecule has 0 saturated carbocycles. The van der Waals surface area contributed by atoms with E-state index in [4.69, 9.17) is 10.7 Å². The van der Waals surface area contributed by atoms with Crippen LogP contribution >= 0.6 is 0 Å². The molecule has 0 aliphatic heterocycles. The first-order valence-electron chi connectivity index (χ1n) is 7.40. The number of hydrogen-bond acceptors (Lipinski definition) is 2. The summed E-state index contributed by atoms with van der Waals surface area (Å²) in [6.07, 6.45) is 0. The van der Waals surface area contributed by atoms with Gasteiger partial charge in [-0.3, -0.25) is 8.97 Å². The maximum absolute atomic E-state index is 6.42. The van der Waals surface area contributed by atoms with E-state index in [-0.39, 0.29) is 0 Å². The molecule has 0 aliphatic carbocycles. The van der Waals surface area contributed by atoms with Crippen molar-refractivity contribution in [3.8, 4) is 5.69 Å². The van der Waals surface area contributed by atoms with E-state index in [0.717, 1.165) is 34.0 Å². The van der Waals surface area contributed by atoms with Crippen LogP contribution in [0.4, 0.5) is 5.82 Å². The van der Waals surface area contributed by atoms with E-state index in [1.807, 2.05) is 25.1 Å². The van der Waals surface area contributed by atoms with Gasteiger partial charge >= 0.3 is 0 Å². The fourth-order valence-electron chi connectivity index (χ4n) is 3.26. The maximum Gasteiger partial charge on any atom is 0.221 e. The van der Waals surface area contributed by atoms with Gasteiger partial charge in [-0.25, -0.2) is 4.98 Å². The van der Waals surface area contributed by atoms with Crippen molar-refractivity contribution in [2.24, 2.45) is 0 Å². The second-order valence-electron chi connectivity index (χ2n) is 5.78. The summed E-state index contributed by atoms with van der Waals surface area (Å²) >= 11 is 0. The van der Waals surface area contributed by atoms with Gasteiger partial charge in [-0.15, -0.1) is 0 Å². The number of nitrogen functional groups attached to an aromatic ring is 1. The highest BCUT2D eigenvalue weighted by Gasteiger charge is 2.19. The van der Waals surface area contributed by atoms with Crippen LogP contribution in [0.2, 0.25) is 0 Å². The third kappa shape index (κ3) is 1.55. The van der Waals surface area contributed by atoms with E-state index in [2.05, 4.69) is 47.1 Å². The SMILES string of the molecule is Cc1cccc(C)c1-n1c(N)c(C)n2c3ccccc3nc12. The van der Waals surface area contributed by atoms with Crippen LogP contribution in [0, 0.1) is 20.8 Å². The quantitative estimate of drug-likeness (QED) is 0.580. The van der Waals surface area contributed by atoms with Crippen molar-refractivity contribution in [1.82, 2.24) is 14.0 Å². The zero-order valence-corrected chi connectivity index (χ0v) is 13.0. The van der Waals surface area contributed by atoms with Gasteiger partial charge in [0.05, 0.1) is 22.4 Å². The molecule has 2 aromatic heterocycles. The molecule has 0 aliphatic rings. The van der Waals surface area contributed by atoms with Crippen molar-refractivity contribution >= 4 is 22.6 Å². The zero-order chi connectivity index (χ0) is 15.4. The van der Waals surface area contributed by atoms with Gasteiger partial charge in [0.1, 0.15) is 5.82 Å². The number of rotatable bonds is 1. The number of imidazole rings is 2. The Morgan fingerprint density at radius 1 is 0.909 bits per heavy atom. The van der Waals surface area contributed by atoms with E-state index in [9.17, 15) is 0 Å². The first kappa shape index (κ1) is 13.0. The van der Waals surface area contributed by atoms with E-state index in [0.29, 0.717) is 0 Å². The summed E-state index contributed by atoms with van der Waals surface area (Å²) in [6, 6.07) is 14.4. The Kier molecular flexibility index (Phi) is 2.57. The number of fused-ring (bicyclic) bond motifs is 3. The van der Waals surface area contributed by atoms with Crippen LogP contribution < -0.4 is 5.73 Å². The van der Waals surface area contributed by atoms with Gasteiger partial charge in [0.25, 0.3) is 0 Å². The van der Waals surface area contributed by atoms with E-state index in [1.54, 1.807) is 0 Å². The molecular formula is C18H18N4. The molecule has 0 amide bonds. The molecule has 4 nitrogen and oxygen atoms in total. The number of benzene rings is 2. The van der Waals surface area contributed by atoms with Crippen LogP contribution in [0.3, 0.4) is 0 Å². The van der Waals surface area contributed by atoms with Crippen LogP contribution in [0.25, 0.3) is 22.5 Å². The Morgan fingerprint density at radius 3 is 2.32 bits per heavy atom. The molecule has 0 atom stereocenters. The molecule has 0 spiro atoms. The second kappa shape index (κ2) is 4.37. The molecule has 110 valence electrons. The van der Waals surface area contributed by atoms with Crippen molar-refractivity contribution in [3.05, 3.63) is 59.3 Å². The number of aryl methyl sites for hydroxylation is 3. The van der Waals surface area contributed by atoms with Gasteiger partial charge in [-0.2, -0.15) is 0 Å². The molecule has 2 N–H and O–H groups in total. The predicted octanol–water partition coefficient (Wildman–Crippen LogP) is 3.79. The normalized spacial score (nSPS) is 11.6. The molecule has 0 fully saturated rings. The third-order valence-corrected chi connectivity index (χ3v) is 4.35. The predicted molar refractivity (Wildman–Crippen MR) is 90.6 cm³/mol. The van der Waals surface area contributed by atoms with Crippen LogP contribution in [0.1, 0.15) is 16.8 Å². The first-order valence-corrected chi connectivity index (χ1v) is 7.40. The van der Waals surface area contributed by atoms with E-state index in [1.165, 1.54) is 11.1 Å². The number of anilines is 1. The van der Waals surface area contributed by atoms with Gasteiger partial charge in [0.2, 0.25) is 5.78 Å². The number of para-hydroxylation sites is 3. The summed E-state index contributed by atoms with van der Waals surface area (Å²) in [7, 11) is 0. The minimum atomic E-state index is 0.741. The average molecular weight is 290 g/mol. The Hall–Kier alpha value is -2.75. The molecule has 4 aromatic rings.